The van der Waals surface area contributed by atoms with Crippen LogP contribution in [0.2, 0.25) is 0 Å². The predicted octanol–water partition coefficient (Wildman–Crippen LogP) is 4.38. The zero-order valence-corrected chi connectivity index (χ0v) is 13.4. The number of fused-ring (bicyclic) bond motifs is 1. The Balaban J connectivity index is 1.88. The first kappa shape index (κ1) is 14.6. The highest BCUT2D eigenvalue weighted by Crippen LogP contribution is 2.72. The summed E-state index contributed by atoms with van der Waals surface area (Å²) in [5.74, 6) is -0.0561. The van der Waals surface area contributed by atoms with E-state index in [4.69, 9.17) is 4.74 Å². The van der Waals surface area contributed by atoms with Crippen molar-refractivity contribution in [2.45, 2.75) is 52.4 Å². The zero-order chi connectivity index (χ0) is 15.1. The Morgan fingerprint density at radius 1 is 1.10 bits per heavy atom. The van der Waals surface area contributed by atoms with Gasteiger partial charge in [-0.15, -0.1) is 0 Å². The van der Waals surface area contributed by atoms with Crippen LogP contribution in [0.3, 0.4) is 0 Å². The van der Waals surface area contributed by atoms with E-state index in [0.29, 0.717) is 17.3 Å². The molecule has 0 amide bonds. The van der Waals surface area contributed by atoms with Gasteiger partial charge in [-0.3, -0.25) is 4.79 Å². The van der Waals surface area contributed by atoms with E-state index in [1.807, 2.05) is 0 Å². The highest BCUT2D eigenvalue weighted by molar-refractivity contribution is 5.70. The predicted molar refractivity (Wildman–Crippen MR) is 83.9 cm³/mol. The molecule has 0 radical (unpaired) electrons. The number of ether oxygens (including phenoxy) is 1. The van der Waals surface area contributed by atoms with Crippen LogP contribution in [0.1, 0.15) is 51.5 Å². The van der Waals surface area contributed by atoms with Crippen LogP contribution in [-0.2, 0) is 16.0 Å². The number of benzene rings is 1. The van der Waals surface area contributed by atoms with Crippen molar-refractivity contribution in [1.29, 1.82) is 0 Å². The second kappa shape index (κ2) is 4.86. The van der Waals surface area contributed by atoms with Gasteiger partial charge in [0.25, 0.3) is 0 Å². The molecule has 0 aliphatic heterocycles. The molecule has 0 N–H and O–H groups in total. The molecule has 3 atom stereocenters. The van der Waals surface area contributed by atoms with Crippen LogP contribution < -0.4 is 0 Å². The van der Waals surface area contributed by atoms with Crippen molar-refractivity contribution in [2.24, 2.45) is 16.2 Å². The minimum absolute atomic E-state index is 0.0561. The van der Waals surface area contributed by atoms with Gasteiger partial charge in [-0.05, 0) is 53.9 Å². The van der Waals surface area contributed by atoms with Crippen LogP contribution in [0.5, 0.6) is 0 Å². The third-order valence-corrected chi connectivity index (χ3v) is 6.38. The fourth-order valence-electron chi connectivity index (χ4n) is 5.02. The summed E-state index contributed by atoms with van der Waals surface area (Å²) >= 11 is 0. The third-order valence-electron chi connectivity index (χ3n) is 6.38. The van der Waals surface area contributed by atoms with Gasteiger partial charge in [0.2, 0.25) is 0 Å². The standard InChI is InChI=1S/C19H26O2/c1-17-9-10-18(17,2)14-19(13-17,12-16(20)21-3)11-15-7-5-4-6-8-15/h4-8H,9-14H2,1-3H3/t17-,18+,19?. The minimum Gasteiger partial charge on any atom is -0.469 e. The Morgan fingerprint density at radius 2 is 1.67 bits per heavy atom. The van der Waals surface area contributed by atoms with E-state index in [-0.39, 0.29) is 11.4 Å². The van der Waals surface area contributed by atoms with Crippen LogP contribution in [0, 0.1) is 16.2 Å². The zero-order valence-electron chi connectivity index (χ0n) is 13.4. The van der Waals surface area contributed by atoms with Crippen molar-refractivity contribution in [1.82, 2.24) is 0 Å². The SMILES string of the molecule is COC(=O)CC1(Cc2ccccc2)C[C@]2(C)CC[C@]2(C)C1. The molecule has 0 aromatic heterocycles. The molecule has 0 bridgehead atoms. The molecule has 2 saturated carbocycles. The highest BCUT2D eigenvalue weighted by Gasteiger charge is 2.63. The lowest BCUT2D eigenvalue weighted by molar-refractivity contribution is -0.143. The highest BCUT2D eigenvalue weighted by atomic mass is 16.5. The second-order valence-electron chi connectivity index (χ2n) is 7.89. The number of carbonyl (C=O) groups is 1. The topological polar surface area (TPSA) is 26.3 Å². The van der Waals surface area contributed by atoms with E-state index in [1.54, 1.807) is 0 Å². The molecule has 2 heteroatoms. The minimum atomic E-state index is -0.0561. The molecule has 2 aliphatic carbocycles. The number of esters is 1. The van der Waals surface area contributed by atoms with E-state index in [2.05, 4.69) is 44.2 Å². The van der Waals surface area contributed by atoms with E-state index in [9.17, 15) is 4.79 Å². The number of rotatable bonds is 4. The second-order valence-corrected chi connectivity index (χ2v) is 7.89. The monoisotopic (exact) mass is 286 g/mol. The van der Waals surface area contributed by atoms with Crippen LogP contribution in [0.25, 0.3) is 0 Å². The van der Waals surface area contributed by atoms with Crippen LogP contribution in [-0.4, -0.2) is 13.1 Å². The van der Waals surface area contributed by atoms with Gasteiger partial charge >= 0.3 is 5.97 Å². The Morgan fingerprint density at radius 3 is 2.14 bits per heavy atom. The van der Waals surface area contributed by atoms with Gasteiger partial charge in [0.1, 0.15) is 0 Å². The maximum absolute atomic E-state index is 12.0. The normalized spacial score (nSPS) is 37.7. The first-order valence-electron chi connectivity index (χ1n) is 8.01. The summed E-state index contributed by atoms with van der Waals surface area (Å²) in [5.41, 5.74) is 2.25. The van der Waals surface area contributed by atoms with Crippen molar-refractivity contribution in [3.05, 3.63) is 35.9 Å². The Bertz CT molecular complexity index is 518. The molecule has 2 nitrogen and oxygen atoms in total. The van der Waals surface area contributed by atoms with Crippen molar-refractivity contribution in [3.63, 3.8) is 0 Å². The molecule has 2 aliphatic rings. The fraction of sp³-hybridized carbons (Fsp3) is 0.632. The van der Waals surface area contributed by atoms with E-state index in [1.165, 1.54) is 25.5 Å². The summed E-state index contributed by atoms with van der Waals surface area (Å²) in [5, 5.41) is 0. The lowest BCUT2D eigenvalue weighted by atomic mass is 9.53. The molecular formula is C19H26O2. The largest absolute Gasteiger partial charge is 0.469 e. The number of carbonyl (C=O) groups excluding carboxylic acids is 1. The smallest absolute Gasteiger partial charge is 0.306 e. The maximum atomic E-state index is 12.0. The lowest BCUT2D eigenvalue weighted by Crippen LogP contribution is -2.42. The quantitative estimate of drug-likeness (QED) is 0.768. The van der Waals surface area contributed by atoms with Crippen molar-refractivity contribution in [3.8, 4) is 0 Å². The first-order valence-corrected chi connectivity index (χ1v) is 8.01. The Labute approximate surface area is 127 Å². The lowest BCUT2D eigenvalue weighted by Gasteiger charge is -2.52. The summed E-state index contributed by atoms with van der Waals surface area (Å²) in [4.78, 5) is 12.0. The molecule has 0 saturated heterocycles. The first-order chi connectivity index (χ1) is 9.90. The van der Waals surface area contributed by atoms with Gasteiger partial charge < -0.3 is 4.74 Å². The van der Waals surface area contributed by atoms with Crippen molar-refractivity contribution >= 4 is 5.97 Å². The van der Waals surface area contributed by atoms with E-state index < -0.39 is 0 Å². The summed E-state index contributed by atoms with van der Waals surface area (Å²) < 4.78 is 4.99. The van der Waals surface area contributed by atoms with Crippen molar-refractivity contribution in [2.75, 3.05) is 7.11 Å². The average molecular weight is 286 g/mol. The molecule has 114 valence electrons. The third kappa shape index (κ3) is 2.39. The van der Waals surface area contributed by atoms with E-state index >= 15 is 0 Å². The molecule has 2 fully saturated rings. The van der Waals surface area contributed by atoms with Gasteiger partial charge in [-0.2, -0.15) is 0 Å². The van der Waals surface area contributed by atoms with Crippen LogP contribution >= 0.6 is 0 Å². The molecule has 1 aromatic rings. The Hall–Kier alpha value is -1.31. The van der Waals surface area contributed by atoms with Gasteiger partial charge in [-0.25, -0.2) is 0 Å². The van der Waals surface area contributed by atoms with Gasteiger partial charge in [-0.1, -0.05) is 44.2 Å². The average Bonchev–Trinajstić information content (AvgIpc) is 2.59. The van der Waals surface area contributed by atoms with Crippen LogP contribution in [0.4, 0.5) is 0 Å². The molecular weight excluding hydrogens is 260 g/mol. The summed E-state index contributed by atoms with van der Waals surface area (Å²) in [6.45, 7) is 4.83. The number of methoxy groups -OCH3 is 1. The summed E-state index contributed by atoms with van der Waals surface area (Å²) in [6, 6.07) is 10.6. The van der Waals surface area contributed by atoms with Crippen molar-refractivity contribution < 1.29 is 9.53 Å². The fourth-order valence-corrected chi connectivity index (χ4v) is 5.02. The maximum Gasteiger partial charge on any atom is 0.306 e. The molecule has 21 heavy (non-hydrogen) atoms. The Kier molecular flexibility index (Phi) is 3.38. The molecule has 0 spiro atoms. The van der Waals surface area contributed by atoms with Crippen LogP contribution in [0.15, 0.2) is 30.3 Å². The number of hydrogen-bond acceptors (Lipinski definition) is 2. The molecule has 3 rings (SSSR count). The van der Waals surface area contributed by atoms with Gasteiger partial charge in [0.05, 0.1) is 13.5 Å². The molecule has 1 unspecified atom stereocenters. The molecule has 1 aromatic carbocycles. The van der Waals surface area contributed by atoms with Gasteiger partial charge in [0.15, 0.2) is 0 Å². The van der Waals surface area contributed by atoms with Gasteiger partial charge in [0, 0.05) is 0 Å². The van der Waals surface area contributed by atoms with E-state index in [0.717, 1.165) is 19.3 Å². The summed E-state index contributed by atoms with van der Waals surface area (Å²) in [6.07, 6.45) is 6.47. The molecule has 0 heterocycles. The summed E-state index contributed by atoms with van der Waals surface area (Å²) in [7, 11) is 1.51. The number of hydrogen-bond donors (Lipinski definition) is 0.